The van der Waals surface area contributed by atoms with Crippen LogP contribution in [-0.2, 0) is 4.79 Å². The molecule has 1 aromatic carbocycles. The van der Waals surface area contributed by atoms with Gasteiger partial charge in [-0.3, -0.25) is 4.79 Å². The largest absolute Gasteiger partial charge is 0.354 e. The van der Waals surface area contributed by atoms with E-state index >= 15 is 0 Å². The lowest BCUT2D eigenvalue weighted by molar-refractivity contribution is -0.123. The van der Waals surface area contributed by atoms with E-state index in [2.05, 4.69) is 12.2 Å². The predicted octanol–water partition coefficient (Wildman–Crippen LogP) is 2.72. The van der Waals surface area contributed by atoms with E-state index in [9.17, 15) is 4.79 Å². The van der Waals surface area contributed by atoms with Crippen LogP contribution < -0.4 is 11.1 Å². The van der Waals surface area contributed by atoms with Gasteiger partial charge in [0, 0.05) is 6.54 Å². The number of amides is 1. The summed E-state index contributed by atoms with van der Waals surface area (Å²) < 4.78 is 0. The van der Waals surface area contributed by atoms with Gasteiger partial charge in [-0.25, -0.2) is 0 Å². The lowest BCUT2D eigenvalue weighted by Gasteiger charge is -2.38. The van der Waals surface area contributed by atoms with Gasteiger partial charge in [0.2, 0.25) is 5.91 Å². The molecule has 1 amide bonds. The standard InChI is InChI=1S/C15H22N2O.ClH/c1-11-4-6-12(7-5-11)13(16)14(18)17-10-15(2)8-3-9-15;/h4-7,13H,3,8-10,16H2,1-2H3,(H,17,18);1H. The van der Waals surface area contributed by atoms with E-state index in [0.29, 0.717) is 5.41 Å². The zero-order valence-electron chi connectivity index (χ0n) is 11.6. The van der Waals surface area contributed by atoms with E-state index in [-0.39, 0.29) is 18.3 Å². The minimum atomic E-state index is -0.561. The molecule has 19 heavy (non-hydrogen) atoms. The van der Waals surface area contributed by atoms with Crippen molar-refractivity contribution in [3.05, 3.63) is 35.4 Å². The van der Waals surface area contributed by atoms with Gasteiger partial charge in [-0.05, 0) is 30.7 Å². The first-order valence-electron chi connectivity index (χ1n) is 6.60. The summed E-state index contributed by atoms with van der Waals surface area (Å²) in [6.07, 6.45) is 3.68. The van der Waals surface area contributed by atoms with E-state index in [1.165, 1.54) is 24.8 Å². The van der Waals surface area contributed by atoms with Crippen molar-refractivity contribution >= 4 is 18.3 Å². The molecular formula is C15H23ClN2O. The third-order valence-corrected chi connectivity index (χ3v) is 3.97. The fourth-order valence-corrected chi connectivity index (χ4v) is 2.29. The average molecular weight is 283 g/mol. The van der Waals surface area contributed by atoms with Crippen LogP contribution in [0.5, 0.6) is 0 Å². The van der Waals surface area contributed by atoms with Crippen molar-refractivity contribution in [3.63, 3.8) is 0 Å². The number of nitrogens with two attached hydrogens (primary N) is 1. The third kappa shape index (κ3) is 3.95. The first-order chi connectivity index (χ1) is 8.50. The fourth-order valence-electron chi connectivity index (χ4n) is 2.29. The lowest BCUT2D eigenvalue weighted by atomic mass is 9.70. The Morgan fingerprint density at radius 1 is 1.37 bits per heavy atom. The first kappa shape index (κ1) is 16.0. The molecule has 106 valence electrons. The highest BCUT2D eigenvalue weighted by Gasteiger charge is 2.32. The van der Waals surface area contributed by atoms with Crippen LogP contribution in [0.15, 0.2) is 24.3 Å². The number of halogens is 1. The van der Waals surface area contributed by atoms with Crippen LogP contribution in [0.3, 0.4) is 0 Å². The van der Waals surface area contributed by atoms with Crippen molar-refractivity contribution in [2.24, 2.45) is 11.1 Å². The van der Waals surface area contributed by atoms with Gasteiger partial charge in [-0.15, -0.1) is 12.4 Å². The summed E-state index contributed by atoms with van der Waals surface area (Å²) in [5.74, 6) is -0.0769. The summed E-state index contributed by atoms with van der Waals surface area (Å²) in [5.41, 5.74) is 8.31. The Kier molecular flexibility index (Phi) is 5.39. The topological polar surface area (TPSA) is 55.1 Å². The summed E-state index contributed by atoms with van der Waals surface area (Å²) in [5, 5.41) is 2.97. The molecule has 0 bridgehead atoms. The summed E-state index contributed by atoms with van der Waals surface area (Å²) in [6.45, 7) is 4.98. The molecule has 1 unspecified atom stereocenters. The van der Waals surface area contributed by atoms with Crippen LogP contribution >= 0.6 is 12.4 Å². The Morgan fingerprint density at radius 3 is 2.42 bits per heavy atom. The van der Waals surface area contributed by atoms with Gasteiger partial charge in [0.25, 0.3) is 0 Å². The minimum Gasteiger partial charge on any atom is -0.354 e. The van der Waals surface area contributed by atoms with Gasteiger partial charge in [-0.2, -0.15) is 0 Å². The number of nitrogens with one attached hydrogen (secondary N) is 1. The predicted molar refractivity (Wildman–Crippen MR) is 80.3 cm³/mol. The molecule has 1 atom stereocenters. The van der Waals surface area contributed by atoms with E-state index in [1.54, 1.807) is 0 Å². The Labute approximate surface area is 121 Å². The van der Waals surface area contributed by atoms with Crippen molar-refractivity contribution < 1.29 is 4.79 Å². The quantitative estimate of drug-likeness (QED) is 0.892. The Bertz CT molecular complexity index is 426. The molecule has 0 saturated heterocycles. The van der Waals surface area contributed by atoms with E-state index in [1.807, 2.05) is 31.2 Å². The highest BCUT2D eigenvalue weighted by atomic mass is 35.5. The molecule has 3 nitrogen and oxygen atoms in total. The number of hydrogen-bond donors (Lipinski definition) is 2. The van der Waals surface area contributed by atoms with Crippen molar-refractivity contribution in [2.75, 3.05) is 6.54 Å². The molecule has 0 aliphatic heterocycles. The van der Waals surface area contributed by atoms with Crippen LogP contribution in [0.4, 0.5) is 0 Å². The number of carbonyl (C=O) groups excluding carboxylic acids is 1. The Morgan fingerprint density at radius 2 is 1.95 bits per heavy atom. The number of aryl methyl sites for hydroxylation is 1. The van der Waals surface area contributed by atoms with E-state index < -0.39 is 6.04 Å². The second-order valence-electron chi connectivity index (χ2n) is 5.77. The first-order valence-corrected chi connectivity index (χ1v) is 6.60. The summed E-state index contributed by atoms with van der Waals surface area (Å²) in [4.78, 5) is 12.0. The number of hydrogen-bond acceptors (Lipinski definition) is 2. The van der Waals surface area contributed by atoms with Crippen LogP contribution in [0, 0.1) is 12.3 Å². The molecule has 0 aromatic heterocycles. The van der Waals surface area contributed by atoms with Gasteiger partial charge in [-0.1, -0.05) is 43.2 Å². The monoisotopic (exact) mass is 282 g/mol. The van der Waals surface area contributed by atoms with Crippen LogP contribution in [0.25, 0.3) is 0 Å². The minimum absolute atomic E-state index is 0. The second kappa shape index (κ2) is 6.40. The van der Waals surface area contributed by atoms with E-state index in [0.717, 1.165) is 12.1 Å². The molecule has 0 radical (unpaired) electrons. The zero-order valence-corrected chi connectivity index (χ0v) is 12.4. The molecule has 1 aromatic rings. The van der Waals surface area contributed by atoms with Crippen molar-refractivity contribution in [3.8, 4) is 0 Å². The second-order valence-corrected chi connectivity index (χ2v) is 5.77. The maximum absolute atomic E-state index is 12.0. The van der Waals surface area contributed by atoms with Crippen molar-refractivity contribution in [1.82, 2.24) is 5.32 Å². The zero-order chi connectivity index (χ0) is 13.2. The molecule has 1 saturated carbocycles. The van der Waals surface area contributed by atoms with Crippen LogP contribution in [-0.4, -0.2) is 12.5 Å². The molecular weight excluding hydrogens is 260 g/mol. The van der Waals surface area contributed by atoms with Gasteiger partial charge in [0.15, 0.2) is 0 Å². The molecule has 1 aliphatic carbocycles. The summed E-state index contributed by atoms with van der Waals surface area (Å²) in [7, 11) is 0. The highest BCUT2D eigenvalue weighted by Crippen LogP contribution is 2.39. The molecule has 1 fully saturated rings. The van der Waals surface area contributed by atoms with Crippen molar-refractivity contribution in [1.29, 1.82) is 0 Å². The number of rotatable bonds is 4. The Hall–Kier alpha value is -1.06. The smallest absolute Gasteiger partial charge is 0.241 e. The summed E-state index contributed by atoms with van der Waals surface area (Å²) >= 11 is 0. The van der Waals surface area contributed by atoms with Gasteiger partial charge >= 0.3 is 0 Å². The molecule has 4 heteroatoms. The highest BCUT2D eigenvalue weighted by molar-refractivity contribution is 5.85. The molecule has 0 heterocycles. The average Bonchev–Trinajstić information content (AvgIpc) is 2.33. The van der Waals surface area contributed by atoms with Crippen molar-refractivity contribution in [2.45, 2.75) is 39.2 Å². The number of benzene rings is 1. The number of carbonyl (C=O) groups is 1. The normalized spacial score (nSPS) is 17.8. The lowest BCUT2D eigenvalue weighted by Crippen LogP contribution is -2.43. The van der Waals surface area contributed by atoms with Gasteiger partial charge in [0.05, 0.1) is 0 Å². The fraction of sp³-hybridized carbons (Fsp3) is 0.533. The maximum Gasteiger partial charge on any atom is 0.241 e. The Balaban J connectivity index is 0.00000180. The van der Waals surface area contributed by atoms with Crippen LogP contribution in [0.2, 0.25) is 0 Å². The van der Waals surface area contributed by atoms with Gasteiger partial charge < -0.3 is 11.1 Å². The summed E-state index contributed by atoms with van der Waals surface area (Å²) in [6, 6.07) is 7.25. The molecule has 3 N–H and O–H groups in total. The van der Waals surface area contributed by atoms with Crippen LogP contribution in [0.1, 0.15) is 43.4 Å². The van der Waals surface area contributed by atoms with E-state index in [4.69, 9.17) is 5.73 Å². The molecule has 0 spiro atoms. The van der Waals surface area contributed by atoms with Gasteiger partial charge in [0.1, 0.15) is 6.04 Å². The SMILES string of the molecule is Cc1ccc(C(N)C(=O)NCC2(C)CCC2)cc1.Cl. The third-order valence-electron chi connectivity index (χ3n) is 3.97. The molecule has 2 rings (SSSR count). The maximum atomic E-state index is 12.0. The molecule has 1 aliphatic rings.